The molecular formula is C18H15FN4O3. The molecule has 0 fully saturated rings. The molecular weight excluding hydrogens is 339 g/mol. The molecule has 3 rings (SSSR count). The highest BCUT2D eigenvalue weighted by molar-refractivity contribution is 5.98. The summed E-state index contributed by atoms with van der Waals surface area (Å²) in [6, 6.07) is 9.25. The predicted molar refractivity (Wildman–Crippen MR) is 92.4 cm³/mol. The van der Waals surface area contributed by atoms with Crippen molar-refractivity contribution in [3.8, 4) is 22.4 Å². The number of anilines is 1. The van der Waals surface area contributed by atoms with Gasteiger partial charge in [-0.2, -0.15) is 0 Å². The summed E-state index contributed by atoms with van der Waals surface area (Å²) in [4.78, 5) is 26.9. The highest BCUT2D eigenvalue weighted by Gasteiger charge is 2.21. The lowest BCUT2D eigenvalue weighted by Gasteiger charge is -2.06. The average Bonchev–Trinajstić information content (AvgIpc) is 3.05. The van der Waals surface area contributed by atoms with E-state index in [4.69, 9.17) is 4.52 Å². The molecule has 2 N–H and O–H groups in total. The van der Waals surface area contributed by atoms with Gasteiger partial charge in [0.2, 0.25) is 17.7 Å². The van der Waals surface area contributed by atoms with Crippen molar-refractivity contribution in [1.29, 1.82) is 0 Å². The van der Waals surface area contributed by atoms with Crippen LogP contribution in [0.15, 0.2) is 53.3 Å². The molecule has 3 aromatic rings. The second-order valence-corrected chi connectivity index (χ2v) is 5.44. The molecule has 0 aliphatic carbocycles. The number of benzene rings is 1. The third kappa shape index (κ3) is 3.92. The summed E-state index contributed by atoms with van der Waals surface area (Å²) in [5.41, 5.74) is 2.33. The minimum absolute atomic E-state index is 0.130. The van der Waals surface area contributed by atoms with Crippen LogP contribution in [0, 0.1) is 5.82 Å². The lowest BCUT2D eigenvalue weighted by Crippen LogP contribution is -2.31. The molecule has 0 bridgehead atoms. The molecule has 0 aliphatic rings. The lowest BCUT2D eigenvalue weighted by molar-refractivity contribution is -0.122. The molecule has 132 valence electrons. The number of pyridine rings is 1. The normalized spacial score (nSPS) is 10.4. The van der Waals surface area contributed by atoms with Crippen molar-refractivity contribution in [3.63, 3.8) is 0 Å². The quantitative estimate of drug-likeness (QED) is 0.734. The Hall–Kier alpha value is -3.55. The number of carbonyl (C=O) groups excluding carboxylic acids is 2. The first-order valence-electron chi connectivity index (χ1n) is 7.75. The Morgan fingerprint density at radius 1 is 1.08 bits per heavy atom. The van der Waals surface area contributed by atoms with Crippen LogP contribution in [0.3, 0.4) is 0 Å². The topological polar surface area (TPSA) is 97.1 Å². The summed E-state index contributed by atoms with van der Waals surface area (Å²) in [6.07, 6.45) is 3.19. The maximum absolute atomic E-state index is 13.2. The smallest absolute Gasteiger partial charge is 0.246 e. The number of amides is 2. The number of hydrogen-bond donors (Lipinski definition) is 2. The highest BCUT2D eigenvalue weighted by Crippen LogP contribution is 2.37. The molecule has 0 unspecified atom stereocenters. The monoisotopic (exact) mass is 354 g/mol. The Labute approximate surface area is 148 Å². The van der Waals surface area contributed by atoms with Crippen LogP contribution < -0.4 is 10.6 Å². The van der Waals surface area contributed by atoms with Gasteiger partial charge in [-0.15, -0.1) is 0 Å². The van der Waals surface area contributed by atoms with Gasteiger partial charge in [0.15, 0.2) is 0 Å². The number of rotatable bonds is 5. The molecule has 7 nitrogen and oxygen atoms in total. The zero-order valence-electron chi connectivity index (χ0n) is 13.8. The van der Waals surface area contributed by atoms with Crippen LogP contribution >= 0.6 is 0 Å². The van der Waals surface area contributed by atoms with E-state index in [-0.39, 0.29) is 24.2 Å². The Morgan fingerprint density at radius 2 is 1.77 bits per heavy atom. The summed E-state index contributed by atoms with van der Waals surface area (Å²) in [7, 11) is 0. The molecule has 0 aliphatic heterocycles. The molecule has 2 heterocycles. The van der Waals surface area contributed by atoms with Crippen molar-refractivity contribution in [2.45, 2.75) is 6.92 Å². The number of hydrogen-bond acceptors (Lipinski definition) is 5. The van der Waals surface area contributed by atoms with E-state index in [1.165, 1.54) is 19.1 Å². The fourth-order valence-electron chi connectivity index (χ4n) is 2.34. The van der Waals surface area contributed by atoms with Gasteiger partial charge in [0.1, 0.15) is 11.5 Å². The first-order valence-corrected chi connectivity index (χ1v) is 7.75. The SMILES string of the molecule is CC(=O)NCC(=O)Nc1onc(-c2ccc(F)cc2)c1-c1ccncc1. The third-order valence-corrected chi connectivity index (χ3v) is 3.53. The third-order valence-electron chi connectivity index (χ3n) is 3.53. The first-order chi connectivity index (χ1) is 12.5. The molecule has 0 atom stereocenters. The van der Waals surface area contributed by atoms with Gasteiger partial charge < -0.3 is 9.84 Å². The zero-order valence-corrected chi connectivity index (χ0v) is 13.8. The zero-order chi connectivity index (χ0) is 18.5. The molecule has 2 aromatic heterocycles. The van der Waals surface area contributed by atoms with Gasteiger partial charge >= 0.3 is 0 Å². The largest absolute Gasteiger partial charge is 0.347 e. The van der Waals surface area contributed by atoms with E-state index in [2.05, 4.69) is 20.8 Å². The van der Waals surface area contributed by atoms with Crippen molar-refractivity contribution < 1.29 is 18.5 Å². The van der Waals surface area contributed by atoms with Crippen molar-refractivity contribution in [2.24, 2.45) is 0 Å². The maximum atomic E-state index is 13.2. The first kappa shape index (κ1) is 17.3. The molecule has 1 aromatic carbocycles. The number of halogens is 1. The molecule has 0 saturated heterocycles. The number of carbonyl (C=O) groups is 2. The highest BCUT2D eigenvalue weighted by atomic mass is 19.1. The Morgan fingerprint density at radius 3 is 2.42 bits per heavy atom. The second-order valence-electron chi connectivity index (χ2n) is 5.44. The van der Waals surface area contributed by atoms with Crippen molar-refractivity contribution in [2.75, 3.05) is 11.9 Å². The maximum Gasteiger partial charge on any atom is 0.246 e. The van der Waals surface area contributed by atoms with Gasteiger partial charge in [0.05, 0.1) is 12.1 Å². The van der Waals surface area contributed by atoms with Gasteiger partial charge in [-0.05, 0) is 42.0 Å². The van der Waals surface area contributed by atoms with E-state index in [9.17, 15) is 14.0 Å². The van der Waals surface area contributed by atoms with Crippen molar-refractivity contribution in [3.05, 3.63) is 54.6 Å². The predicted octanol–water partition coefficient (Wildman–Crippen LogP) is 2.62. The minimum Gasteiger partial charge on any atom is -0.347 e. The Bertz CT molecular complexity index is 923. The van der Waals surface area contributed by atoms with E-state index in [0.717, 1.165) is 5.56 Å². The Kier molecular flexibility index (Phi) is 5.02. The average molecular weight is 354 g/mol. The van der Waals surface area contributed by atoms with Crippen LogP contribution in [-0.4, -0.2) is 28.5 Å². The van der Waals surface area contributed by atoms with E-state index in [1.807, 2.05) is 0 Å². The molecule has 0 radical (unpaired) electrons. The molecule has 2 amide bonds. The van der Waals surface area contributed by atoms with Crippen LogP contribution in [-0.2, 0) is 9.59 Å². The molecule has 8 heteroatoms. The van der Waals surface area contributed by atoms with Gasteiger partial charge in [0, 0.05) is 24.9 Å². The van der Waals surface area contributed by atoms with Gasteiger partial charge in [-0.25, -0.2) is 4.39 Å². The van der Waals surface area contributed by atoms with Crippen LogP contribution in [0.2, 0.25) is 0 Å². The summed E-state index contributed by atoms with van der Waals surface area (Å²) >= 11 is 0. The van der Waals surface area contributed by atoms with Crippen molar-refractivity contribution in [1.82, 2.24) is 15.5 Å². The number of aromatic nitrogens is 2. The van der Waals surface area contributed by atoms with Gasteiger partial charge in [0.25, 0.3) is 0 Å². The minimum atomic E-state index is -0.461. The van der Waals surface area contributed by atoms with E-state index in [0.29, 0.717) is 16.8 Å². The van der Waals surface area contributed by atoms with Gasteiger partial charge in [-0.1, -0.05) is 5.16 Å². The van der Waals surface area contributed by atoms with Crippen LogP contribution in [0.1, 0.15) is 6.92 Å². The van der Waals surface area contributed by atoms with E-state index in [1.54, 1.807) is 36.7 Å². The van der Waals surface area contributed by atoms with Crippen LogP contribution in [0.4, 0.5) is 10.3 Å². The molecule has 0 saturated carbocycles. The van der Waals surface area contributed by atoms with E-state index < -0.39 is 5.91 Å². The van der Waals surface area contributed by atoms with Crippen molar-refractivity contribution >= 4 is 17.7 Å². The van der Waals surface area contributed by atoms with Crippen LogP contribution in [0.25, 0.3) is 22.4 Å². The van der Waals surface area contributed by atoms with Gasteiger partial charge in [-0.3, -0.25) is 19.9 Å². The fourth-order valence-corrected chi connectivity index (χ4v) is 2.34. The number of nitrogens with one attached hydrogen (secondary N) is 2. The summed E-state index contributed by atoms with van der Waals surface area (Å²) < 4.78 is 18.5. The lowest BCUT2D eigenvalue weighted by atomic mass is 10.0. The fraction of sp³-hybridized carbons (Fsp3) is 0.111. The molecule has 26 heavy (non-hydrogen) atoms. The molecule has 0 spiro atoms. The second kappa shape index (κ2) is 7.56. The summed E-state index contributed by atoms with van der Waals surface area (Å²) in [5.74, 6) is -1.02. The van der Waals surface area contributed by atoms with E-state index >= 15 is 0 Å². The van der Waals surface area contributed by atoms with Crippen LogP contribution in [0.5, 0.6) is 0 Å². The number of nitrogens with zero attached hydrogens (tertiary/aromatic N) is 2. The summed E-state index contributed by atoms with van der Waals surface area (Å²) in [5, 5.41) is 9.01. The standard InChI is InChI=1S/C18H15FN4O3/c1-11(24)21-10-15(25)22-18-16(12-6-8-20-9-7-12)17(23-26-18)13-2-4-14(19)5-3-13/h2-9H,10H2,1H3,(H,21,24)(H,22,25). The Balaban J connectivity index is 1.98. The summed E-state index contributed by atoms with van der Waals surface area (Å²) in [6.45, 7) is 1.12.